The summed E-state index contributed by atoms with van der Waals surface area (Å²) in [5, 5.41) is 30.1. The number of phenols is 2. The maximum atomic E-state index is 12.5. The smallest absolute Gasteiger partial charge is 0.270 e. The van der Waals surface area contributed by atoms with Gasteiger partial charge in [-0.3, -0.25) is 14.9 Å². The highest BCUT2D eigenvalue weighted by molar-refractivity contribution is 6.16. The van der Waals surface area contributed by atoms with Gasteiger partial charge in [-0.05, 0) is 23.8 Å². The monoisotopic (exact) mass is 313 g/mol. The predicted octanol–water partition coefficient (Wildman–Crippen LogP) is 2.66. The third-order valence-electron chi connectivity index (χ3n) is 3.44. The van der Waals surface area contributed by atoms with E-state index in [0.29, 0.717) is 5.56 Å². The van der Waals surface area contributed by atoms with Gasteiger partial charge in [0.15, 0.2) is 17.3 Å². The zero-order valence-corrected chi connectivity index (χ0v) is 11.7. The van der Waals surface area contributed by atoms with Crippen molar-refractivity contribution in [3.05, 3.63) is 63.2 Å². The summed E-state index contributed by atoms with van der Waals surface area (Å²) in [5.74, 6) is -1.28. The van der Waals surface area contributed by atoms with E-state index in [1.807, 2.05) is 0 Å². The van der Waals surface area contributed by atoms with Crippen LogP contribution in [0.2, 0.25) is 0 Å². The first kappa shape index (κ1) is 14.6. The molecule has 1 heterocycles. The fraction of sp³-hybridized carbons (Fsp3) is 0.0625. The molecule has 2 aromatic carbocycles. The number of non-ortho nitro benzene ring substituents is 1. The summed E-state index contributed by atoms with van der Waals surface area (Å²) in [6, 6.07) is 8.43. The number of hydrogen-bond acceptors (Lipinski definition) is 6. The molecule has 0 saturated carbocycles. The molecule has 0 atom stereocenters. The lowest BCUT2D eigenvalue weighted by Crippen LogP contribution is -2.19. The maximum Gasteiger partial charge on any atom is 0.270 e. The number of benzene rings is 2. The number of hydrogen-bond donors (Lipinski definition) is 2. The third kappa shape index (κ3) is 2.59. The highest BCUT2D eigenvalue weighted by atomic mass is 16.6. The van der Waals surface area contributed by atoms with Crippen molar-refractivity contribution in [2.45, 2.75) is 0 Å². The topological polar surface area (TPSA) is 110 Å². The van der Waals surface area contributed by atoms with Gasteiger partial charge in [-0.25, -0.2) is 0 Å². The standard InChI is InChI=1S/C16H11NO6/c18-12-4-5-13-14(16(12)20)15(19)10(8-23-13)6-9-2-1-3-11(7-9)17(21)22/h1-7,18,20H,8H2/b10-6+. The first-order valence-electron chi connectivity index (χ1n) is 6.65. The van der Waals surface area contributed by atoms with Gasteiger partial charge in [0.2, 0.25) is 0 Å². The van der Waals surface area contributed by atoms with Crippen molar-refractivity contribution in [2.24, 2.45) is 0 Å². The third-order valence-corrected chi connectivity index (χ3v) is 3.44. The first-order chi connectivity index (χ1) is 11.0. The number of nitro benzene ring substituents is 1. The molecule has 3 rings (SSSR count). The van der Waals surface area contributed by atoms with E-state index in [9.17, 15) is 25.1 Å². The summed E-state index contributed by atoms with van der Waals surface area (Å²) in [6.45, 7) is -0.0290. The summed E-state index contributed by atoms with van der Waals surface area (Å²) in [4.78, 5) is 22.7. The number of aromatic hydroxyl groups is 2. The van der Waals surface area contributed by atoms with Crippen LogP contribution in [0.1, 0.15) is 15.9 Å². The fourth-order valence-electron chi connectivity index (χ4n) is 2.32. The number of carbonyl (C=O) groups is 1. The Kier molecular flexibility index (Phi) is 3.46. The van der Waals surface area contributed by atoms with Gasteiger partial charge in [0.1, 0.15) is 17.9 Å². The van der Waals surface area contributed by atoms with Crippen LogP contribution in [-0.4, -0.2) is 27.5 Å². The molecule has 2 N–H and O–H groups in total. The summed E-state index contributed by atoms with van der Waals surface area (Å²) >= 11 is 0. The number of nitro groups is 1. The van der Waals surface area contributed by atoms with Gasteiger partial charge < -0.3 is 14.9 Å². The van der Waals surface area contributed by atoms with Crippen molar-refractivity contribution >= 4 is 17.5 Å². The molecule has 1 aliphatic rings. The van der Waals surface area contributed by atoms with Crippen LogP contribution in [-0.2, 0) is 0 Å². The first-order valence-corrected chi connectivity index (χ1v) is 6.65. The van der Waals surface area contributed by atoms with Crippen molar-refractivity contribution in [1.82, 2.24) is 0 Å². The molecule has 0 spiro atoms. The highest BCUT2D eigenvalue weighted by Gasteiger charge is 2.28. The lowest BCUT2D eigenvalue weighted by atomic mass is 9.97. The van der Waals surface area contributed by atoms with E-state index in [0.717, 1.165) is 0 Å². The Hall–Kier alpha value is -3.35. The average molecular weight is 313 g/mol. The molecule has 0 saturated heterocycles. The average Bonchev–Trinajstić information content (AvgIpc) is 2.53. The molecule has 23 heavy (non-hydrogen) atoms. The number of fused-ring (bicyclic) bond motifs is 1. The van der Waals surface area contributed by atoms with E-state index >= 15 is 0 Å². The van der Waals surface area contributed by atoms with Crippen LogP contribution < -0.4 is 4.74 Å². The van der Waals surface area contributed by atoms with E-state index in [-0.39, 0.29) is 29.2 Å². The summed E-state index contributed by atoms with van der Waals surface area (Å²) < 4.78 is 5.40. The second-order valence-electron chi connectivity index (χ2n) is 4.95. The van der Waals surface area contributed by atoms with Gasteiger partial charge in [0.25, 0.3) is 5.69 Å². The highest BCUT2D eigenvalue weighted by Crippen LogP contribution is 2.39. The van der Waals surface area contributed by atoms with Gasteiger partial charge in [-0.15, -0.1) is 0 Å². The van der Waals surface area contributed by atoms with E-state index < -0.39 is 22.2 Å². The minimum Gasteiger partial charge on any atom is -0.504 e. The van der Waals surface area contributed by atoms with Crippen molar-refractivity contribution in [1.29, 1.82) is 0 Å². The lowest BCUT2D eigenvalue weighted by Gasteiger charge is -2.20. The van der Waals surface area contributed by atoms with Crippen molar-refractivity contribution in [3.63, 3.8) is 0 Å². The van der Waals surface area contributed by atoms with Gasteiger partial charge in [0.05, 0.1) is 4.92 Å². The Morgan fingerprint density at radius 2 is 2.00 bits per heavy atom. The number of Topliss-reactive ketones (excluding diaryl/α,β-unsaturated/α-hetero) is 1. The van der Waals surface area contributed by atoms with Crippen LogP contribution in [0.4, 0.5) is 5.69 Å². The normalized spacial score (nSPS) is 15.1. The molecule has 0 bridgehead atoms. The minimum atomic E-state index is -0.544. The molecular formula is C16H11NO6. The van der Waals surface area contributed by atoms with E-state index in [4.69, 9.17) is 4.74 Å². The SMILES string of the molecule is O=C1/C(=C/c2cccc([N+](=O)[O-])c2)COc2ccc(O)c(O)c21. The second kappa shape index (κ2) is 5.45. The van der Waals surface area contributed by atoms with Gasteiger partial charge >= 0.3 is 0 Å². The Balaban J connectivity index is 2.02. The van der Waals surface area contributed by atoms with Crippen LogP contribution >= 0.6 is 0 Å². The van der Waals surface area contributed by atoms with E-state index in [1.165, 1.54) is 36.4 Å². The van der Waals surface area contributed by atoms with E-state index in [2.05, 4.69) is 0 Å². The minimum absolute atomic E-state index is 0.0290. The predicted molar refractivity (Wildman–Crippen MR) is 80.7 cm³/mol. The molecule has 7 heteroatoms. The summed E-state index contributed by atoms with van der Waals surface area (Å²) in [5.41, 5.74) is 0.477. The molecule has 0 aromatic heterocycles. The van der Waals surface area contributed by atoms with Crippen LogP contribution in [0.3, 0.4) is 0 Å². The van der Waals surface area contributed by atoms with Crippen LogP contribution in [0.25, 0.3) is 6.08 Å². The van der Waals surface area contributed by atoms with Gasteiger partial charge in [0, 0.05) is 17.7 Å². The Morgan fingerprint density at radius 3 is 2.74 bits per heavy atom. The molecule has 0 aliphatic carbocycles. The Bertz CT molecular complexity index is 856. The number of nitrogens with zero attached hydrogens (tertiary/aromatic N) is 1. The Morgan fingerprint density at radius 1 is 1.22 bits per heavy atom. The second-order valence-corrected chi connectivity index (χ2v) is 4.95. The van der Waals surface area contributed by atoms with Crippen LogP contribution in [0.15, 0.2) is 42.0 Å². The van der Waals surface area contributed by atoms with E-state index in [1.54, 1.807) is 6.07 Å². The molecule has 7 nitrogen and oxygen atoms in total. The quantitative estimate of drug-likeness (QED) is 0.382. The van der Waals surface area contributed by atoms with Crippen LogP contribution in [0, 0.1) is 10.1 Å². The van der Waals surface area contributed by atoms with Crippen molar-refractivity contribution in [2.75, 3.05) is 6.61 Å². The zero-order chi connectivity index (χ0) is 16.6. The van der Waals surface area contributed by atoms with Crippen LogP contribution in [0.5, 0.6) is 17.2 Å². The summed E-state index contributed by atoms with van der Waals surface area (Å²) in [6.07, 6.45) is 1.46. The zero-order valence-electron chi connectivity index (χ0n) is 11.7. The van der Waals surface area contributed by atoms with Gasteiger partial charge in [-0.2, -0.15) is 0 Å². The van der Waals surface area contributed by atoms with Crippen molar-refractivity contribution in [3.8, 4) is 17.2 Å². The molecule has 0 amide bonds. The molecular weight excluding hydrogens is 302 g/mol. The molecule has 116 valence electrons. The number of phenolic OH excluding ortho intramolecular Hbond substituents is 2. The number of carbonyl (C=O) groups excluding carboxylic acids is 1. The number of rotatable bonds is 2. The van der Waals surface area contributed by atoms with Crippen molar-refractivity contribution < 1.29 is 24.7 Å². The lowest BCUT2D eigenvalue weighted by molar-refractivity contribution is -0.384. The Labute approximate surface area is 130 Å². The number of ether oxygens (including phenoxy) is 1. The largest absolute Gasteiger partial charge is 0.504 e. The summed E-state index contributed by atoms with van der Waals surface area (Å²) in [7, 11) is 0. The number of ketones is 1. The molecule has 2 aromatic rings. The molecule has 1 aliphatic heterocycles. The maximum absolute atomic E-state index is 12.5. The molecule has 0 radical (unpaired) electrons. The van der Waals surface area contributed by atoms with Gasteiger partial charge in [-0.1, -0.05) is 12.1 Å². The molecule has 0 unspecified atom stereocenters. The molecule has 0 fully saturated rings. The fourth-order valence-corrected chi connectivity index (χ4v) is 2.32.